The second-order valence-corrected chi connectivity index (χ2v) is 8.84. The summed E-state index contributed by atoms with van der Waals surface area (Å²) in [5, 5.41) is 1.08. The van der Waals surface area contributed by atoms with E-state index in [1.807, 2.05) is 60.7 Å². The van der Waals surface area contributed by atoms with Crippen LogP contribution in [0.1, 0.15) is 21.5 Å². The summed E-state index contributed by atoms with van der Waals surface area (Å²) in [6.07, 6.45) is 1.56. The molecule has 3 aromatic carbocycles. The highest BCUT2D eigenvalue weighted by molar-refractivity contribution is 7.99. The van der Waals surface area contributed by atoms with Gasteiger partial charge in [-0.3, -0.25) is 19.0 Å². The van der Waals surface area contributed by atoms with Gasteiger partial charge in [-0.1, -0.05) is 54.2 Å². The molecule has 0 aliphatic carbocycles. The van der Waals surface area contributed by atoms with Crippen molar-refractivity contribution < 1.29 is 9.59 Å². The molecule has 0 saturated heterocycles. The lowest BCUT2D eigenvalue weighted by molar-refractivity contribution is -0.107. The standard InChI is InChI=1S/C26H21N3O3S/c30-17-28-13-12-19-14-20(10-11-23(19)28)24(31)16-33-26-27-22-9-5-4-8-21(22)25(32)29(26)15-18-6-2-1-3-7-18/h1-11,14,17H,12-13,15-16H2. The monoisotopic (exact) mass is 455 g/mol. The molecule has 2 heterocycles. The molecule has 1 amide bonds. The summed E-state index contributed by atoms with van der Waals surface area (Å²) < 4.78 is 1.64. The molecule has 0 N–H and O–H groups in total. The highest BCUT2D eigenvalue weighted by Gasteiger charge is 2.20. The van der Waals surface area contributed by atoms with Crippen molar-refractivity contribution in [2.45, 2.75) is 18.1 Å². The molecule has 1 aliphatic rings. The molecular weight excluding hydrogens is 434 g/mol. The Labute approximate surface area is 194 Å². The van der Waals surface area contributed by atoms with Crippen molar-refractivity contribution in [3.05, 3.63) is 99.8 Å². The highest BCUT2D eigenvalue weighted by Crippen LogP contribution is 2.28. The van der Waals surface area contributed by atoms with E-state index in [2.05, 4.69) is 0 Å². The molecule has 0 bridgehead atoms. The van der Waals surface area contributed by atoms with Crippen molar-refractivity contribution in [2.24, 2.45) is 0 Å². The second-order valence-electron chi connectivity index (χ2n) is 7.89. The van der Waals surface area contributed by atoms with E-state index in [4.69, 9.17) is 4.98 Å². The first-order valence-corrected chi connectivity index (χ1v) is 11.7. The maximum Gasteiger partial charge on any atom is 0.262 e. The number of rotatable bonds is 7. The van der Waals surface area contributed by atoms with Gasteiger partial charge in [-0.15, -0.1) is 0 Å². The Balaban J connectivity index is 1.43. The van der Waals surface area contributed by atoms with Crippen LogP contribution in [0.15, 0.2) is 82.7 Å². The zero-order valence-electron chi connectivity index (χ0n) is 17.8. The molecule has 0 radical (unpaired) electrons. The third-order valence-electron chi connectivity index (χ3n) is 5.80. The first-order chi connectivity index (χ1) is 16.1. The number of carbonyl (C=O) groups excluding carboxylic acids is 2. The lowest BCUT2D eigenvalue weighted by Crippen LogP contribution is -2.24. The van der Waals surface area contributed by atoms with Gasteiger partial charge < -0.3 is 4.90 Å². The highest BCUT2D eigenvalue weighted by atomic mass is 32.2. The second kappa shape index (κ2) is 9.03. The van der Waals surface area contributed by atoms with Crippen LogP contribution in [-0.4, -0.2) is 34.0 Å². The van der Waals surface area contributed by atoms with E-state index in [0.717, 1.165) is 29.6 Å². The fourth-order valence-corrected chi connectivity index (χ4v) is 4.98. The van der Waals surface area contributed by atoms with Gasteiger partial charge in [0.25, 0.3) is 5.56 Å². The molecule has 4 aromatic rings. The van der Waals surface area contributed by atoms with Crippen molar-refractivity contribution in [1.29, 1.82) is 0 Å². The molecular formula is C26H21N3O3S. The molecule has 33 heavy (non-hydrogen) atoms. The van der Waals surface area contributed by atoms with Crippen molar-refractivity contribution >= 4 is 40.5 Å². The summed E-state index contributed by atoms with van der Waals surface area (Å²) in [5.74, 6) is 0.122. The summed E-state index contributed by atoms with van der Waals surface area (Å²) in [6, 6.07) is 22.5. The van der Waals surface area contributed by atoms with Crippen LogP contribution in [0.2, 0.25) is 0 Å². The van der Waals surface area contributed by atoms with Crippen molar-refractivity contribution in [2.75, 3.05) is 17.2 Å². The van der Waals surface area contributed by atoms with E-state index >= 15 is 0 Å². The van der Waals surface area contributed by atoms with Crippen LogP contribution in [0.4, 0.5) is 5.69 Å². The van der Waals surface area contributed by atoms with Crippen LogP contribution in [0.25, 0.3) is 10.9 Å². The SMILES string of the molecule is O=CN1CCc2cc(C(=O)CSc3nc4ccccc4c(=O)n3Cc3ccccc3)ccc21. The molecule has 6 nitrogen and oxygen atoms in total. The number of anilines is 1. The van der Waals surface area contributed by atoms with Crippen molar-refractivity contribution in [3.8, 4) is 0 Å². The minimum atomic E-state index is -0.120. The van der Waals surface area contributed by atoms with E-state index in [-0.39, 0.29) is 17.1 Å². The predicted octanol–water partition coefficient (Wildman–Crippen LogP) is 3.94. The van der Waals surface area contributed by atoms with Gasteiger partial charge in [0.05, 0.1) is 23.2 Å². The number of benzene rings is 3. The van der Waals surface area contributed by atoms with Crippen LogP contribution in [-0.2, 0) is 17.8 Å². The number of hydrogen-bond acceptors (Lipinski definition) is 5. The molecule has 0 spiro atoms. The zero-order chi connectivity index (χ0) is 22.8. The summed E-state index contributed by atoms with van der Waals surface area (Å²) in [7, 11) is 0. The summed E-state index contributed by atoms with van der Waals surface area (Å²) in [4.78, 5) is 43.7. The molecule has 0 atom stereocenters. The molecule has 0 unspecified atom stereocenters. The molecule has 0 fully saturated rings. The number of carbonyl (C=O) groups is 2. The molecule has 1 aliphatic heterocycles. The number of ketones is 1. The number of Topliss-reactive ketones (excluding diaryl/α,β-unsaturated/α-hetero) is 1. The Morgan fingerprint density at radius 1 is 1.03 bits per heavy atom. The predicted molar refractivity (Wildman–Crippen MR) is 130 cm³/mol. The van der Waals surface area contributed by atoms with Gasteiger partial charge >= 0.3 is 0 Å². The molecule has 164 valence electrons. The fraction of sp³-hybridized carbons (Fsp3) is 0.154. The molecule has 0 saturated carbocycles. The maximum absolute atomic E-state index is 13.2. The lowest BCUT2D eigenvalue weighted by Gasteiger charge is -2.13. The van der Waals surface area contributed by atoms with Gasteiger partial charge in [-0.2, -0.15) is 0 Å². The van der Waals surface area contributed by atoms with Gasteiger partial charge in [-0.25, -0.2) is 4.98 Å². The Kier molecular flexibility index (Phi) is 5.79. The number of hydrogen-bond donors (Lipinski definition) is 0. The Bertz CT molecular complexity index is 1420. The lowest BCUT2D eigenvalue weighted by atomic mass is 10.1. The number of amides is 1. The van der Waals surface area contributed by atoms with E-state index in [1.165, 1.54) is 11.8 Å². The fourth-order valence-electron chi connectivity index (χ4n) is 4.09. The summed E-state index contributed by atoms with van der Waals surface area (Å²) in [5.41, 5.74) is 3.96. The van der Waals surface area contributed by atoms with Crippen LogP contribution in [0.5, 0.6) is 0 Å². The molecule has 1 aromatic heterocycles. The first-order valence-electron chi connectivity index (χ1n) is 10.7. The minimum Gasteiger partial charge on any atom is -0.314 e. The van der Waals surface area contributed by atoms with E-state index in [0.29, 0.717) is 34.7 Å². The average Bonchev–Trinajstić information content (AvgIpc) is 3.27. The van der Waals surface area contributed by atoms with Crippen LogP contribution in [0.3, 0.4) is 0 Å². The van der Waals surface area contributed by atoms with Gasteiger partial charge in [0, 0.05) is 17.8 Å². The topological polar surface area (TPSA) is 72.3 Å². The van der Waals surface area contributed by atoms with Gasteiger partial charge in [0.15, 0.2) is 10.9 Å². The number of aromatic nitrogens is 2. The normalized spacial score (nSPS) is 12.7. The van der Waals surface area contributed by atoms with Crippen molar-refractivity contribution in [3.63, 3.8) is 0 Å². The Hall–Kier alpha value is -3.71. The molecule has 5 rings (SSSR count). The smallest absolute Gasteiger partial charge is 0.262 e. The third-order valence-corrected chi connectivity index (χ3v) is 6.78. The Morgan fingerprint density at radius 2 is 1.82 bits per heavy atom. The number of thioether (sulfide) groups is 1. The summed E-state index contributed by atoms with van der Waals surface area (Å²) in [6.45, 7) is 1.02. The third kappa shape index (κ3) is 4.19. The average molecular weight is 456 g/mol. The molecule has 7 heteroatoms. The Morgan fingerprint density at radius 3 is 2.64 bits per heavy atom. The quantitative estimate of drug-likeness (QED) is 0.183. The van der Waals surface area contributed by atoms with Crippen molar-refractivity contribution in [1.82, 2.24) is 9.55 Å². The number of nitrogens with zero attached hydrogens (tertiary/aromatic N) is 3. The zero-order valence-corrected chi connectivity index (χ0v) is 18.6. The maximum atomic E-state index is 13.2. The van der Waals surface area contributed by atoms with Crippen LogP contribution in [0, 0.1) is 0 Å². The summed E-state index contributed by atoms with van der Waals surface area (Å²) >= 11 is 1.27. The minimum absolute atomic E-state index is 0.0407. The van der Waals surface area contributed by atoms with E-state index < -0.39 is 0 Å². The van der Waals surface area contributed by atoms with Crippen LogP contribution >= 0.6 is 11.8 Å². The van der Waals surface area contributed by atoms with Crippen LogP contribution < -0.4 is 10.5 Å². The van der Waals surface area contributed by atoms with Gasteiger partial charge in [-0.05, 0) is 47.9 Å². The van der Waals surface area contributed by atoms with E-state index in [1.54, 1.807) is 21.6 Å². The number of fused-ring (bicyclic) bond motifs is 2. The number of para-hydroxylation sites is 1. The first kappa shape index (κ1) is 21.2. The van der Waals surface area contributed by atoms with E-state index in [9.17, 15) is 14.4 Å². The van der Waals surface area contributed by atoms with Gasteiger partial charge in [0.1, 0.15) is 0 Å². The largest absolute Gasteiger partial charge is 0.314 e. The van der Waals surface area contributed by atoms with Gasteiger partial charge in [0.2, 0.25) is 6.41 Å².